The van der Waals surface area contributed by atoms with Crippen LogP contribution in [0.15, 0.2) is 67.0 Å². The molecule has 3 rings (SSSR count). The van der Waals surface area contributed by atoms with Crippen molar-refractivity contribution in [3.63, 3.8) is 0 Å². The molecule has 0 bridgehead atoms. The highest BCUT2D eigenvalue weighted by Crippen LogP contribution is 2.15. The van der Waals surface area contributed by atoms with E-state index in [2.05, 4.69) is 10.4 Å². The molecule has 0 aliphatic rings. The number of hydrogen-bond donors (Lipinski definition) is 1. The number of ketones is 1. The summed E-state index contributed by atoms with van der Waals surface area (Å²) in [7, 11) is 1.76. The molecule has 0 aliphatic carbocycles. The lowest BCUT2D eigenvalue weighted by molar-refractivity contribution is 0.102. The standard InChI is InChI=1S/C20H16ClN3O2/c1-24-13-16(12-22-24)19(25)10-5-14-3-2-4-18(11-14)23-20(26)15-6-8-17(21)9-7-15/h2-13H,1H3,(H,23,26)/b10-5+. The summed E-state index contributed by atoms with van der Waals surface area (Å²) in [5.74, 6) is -0.358. The fourth-order valence-corrected chi connectivity index (χ4v) is 2.47. The molecule has 130 valence electrons. The van der Waals surface area contributed by atoms with E-state index in [9.17, 15) is 9.59 Å². The molecule has 1 heterocycles. The number of anilines is 1. The number of benzene rings is 2. The first-order chi connectivity index (χ1) is 12.5. The second-order valence-corrected chi connectivity index (χ2v) is 6.12. The van der Waals surface area contributed by atoms with Crippen molar-refractivity contribution < 1.29 is 9.59 Å². The zero-order valence-corrected chi connectivity index (χ0v) is 14.8. The highest BCUT2D eigenvalue weighted by molar-refractivity contribution is 6.30. The molecule has 0 fully saturated rings. The van der Waals surface area contributed by atoms with Gasteiger partial charge in [-0.1, -0.05) is 29.8 Å². The number of halogens is 1. The van der Waals surface area contributed by atoms with Gasteiger partial charge in [-0.3, -0.25) is 14.3 Å². The van der Waals surface area contributed by atoms with Crippen LogP contribution in [0.2, 0.25) is 5.02 Å². The van der Waals surface area contributed by atoms with Gasteiger partial charge >= 0.3 is 0 Å². The molecule has 0 aliphatic heterocycles. The van der Waals surface area contributed by atoms with Gasteiger partial charge < -0.3 is 5.32 Å². The maximum atomic E-state index is 12.3. The molecule has 1 N–H and O–H groups in total. The van der Waals surface area contributed by atoms with E-state index >= 15 is 0 Å². The van der Waals surface area contributed by atoms with E-state index in [1.165, 1.54) is 12.3 Å². The van der Waals surface area contributed by atoms with Gasteiger partial charge in [0, 0.05) is 29.5 Å². The predicted octanol–water partition coefficient (Wildman–Crippen LogP) is 4.22. The van der Waals surface area contributed by atoms with Crippen LogP contribution >= 0.6 is 11.6 Å². The molecular formula is C20H16ClN3O2. The summed E-state index contributed by atoms with van der Waals surface area (Å²) >= 11 is 5.83. The number of carbonyl (C=O) groups is 2. The van der Waals surface area contributed by atoms with Gasteiger partial charge in [0.15, 0.2) is 5.78 Å². The average molecular weight is 366 g/mol. The van der Waals surface area contributed by atoms with Gasteiger partial charge in [0.2, 0.25) is 0 Å². The lowest BCUT2D eigenvalue weighted by Crippen LogP contribution is -2.11. The molecular weight excluding hydrogens is 350 g/mol. The summed E-state index contributed by atoms with van der Waals surface area (Å²) in [6, 6.07) is 13.9. The number of carbonyl (C=O) groups excluding carboxylic acids is 2. The van der Waals surface area contributed by atoms with Gasteiger partial charge in [0.05, 0.1) is 11.8 Å². The third kappa shape index (κ3) is 4.46. The fourth-order valence-electron chi connectivity index (χ4n) is 2.34. The Morgan fingerprint density at radius 3 is 2.58 bits per heavy atom. The Bertz CT molecular complexity index is 975. The van der Waals surface area contributed by atoms with Gasteiger partial charge in [0.1, 0.15) is 0 Å². The quantitative estimate of drug-likeness (QED) is 0.543. The lowest BCUT2D eigenvalue weighted by Gasteiger charge is -2.06. The van der Waals surface area contributed by atoms with E-state index < -0.39 is 0 Å². The van der Waals surface area contributed by atoms with Crippen LogP contribution in [0.5, 0.6) is 0 Å². The van der Waals surface area contributed by atoms with Crippen molar-refractivity contribution in [1.29, 1.82) is 0 Å². The van der Waals surface area contributed by atoms with E-state index in [0.717, 1.165) is 5.56 Å². The zero-order chi connectivity index (χ0) is 18.5. The summed E-state index contributed by atoms with van der Waals surface area (Å²) in [6.07, 6.45) is 6.37. The minimum absolute atomic E-state index is 0.131. The Morgan fingerprint density at radius 2 is 1.88 bits per heavy atom. The van der Waals surface area contributed by atoms with E-state index in [4.69, 9.17) is 11.6 Å². The van der Waals surface area contributed by atoms with Crippen molar-refractivity contribution >= 4 is 35.1 Å². The van der Waals surface area contributed by atoms with Crippen LogP contribution < -0.4 is 5.32 Å². The molecule has 1 amide bonds. The van der Waals surface area contributed by atoms with Crippen LogP contribution in [0, 0.1) is 0 Å². The van der Waals surface area contributed by atoms with Crippen molar-refractivity contribution in [2.75, 3.05) is 5.32 Å². The van der Waals surface area contributed by atoms with Crippen molar-refractivity contribution in [3.8, 4) is 0 Å². The summed E-state index contributed by atoms with van der Waals surface area (Å²) in [5.41, 5.74) is 2.48. The minimum atomic E-state index is -0.228. The second-order valence-electron chi connectivity index (χ2n) is 5.69. The second kappa shape index (κ2) is 7.80. The van der Waals surface area contributed by atoms with Crippen molar-refractivity contribution in [2.24, 2.45) is 7.05 Å². The number of aromatic nitrogens is 2. The highest BCUT2D eigenvalue weighted by atomic mass is 35.5. The maximum Gasteiger partial charge on any atom is 0.255 e. The normalized spacial score (nSPS) is 10.8. The van der Waals surface area contributed by atoms with Gasteiger partial charge in [-0.2, -0.15) is 5.10 Å². The van der Waals surface area contributed by atoms with E-state index in [-0.39, 0.29) is 11.7 Å². The number of nitrogens with zero attached hydrogens (tertiary/aromatic N) is 2. The first-order valence-electron chi connectivity index (χ1n) is 7.89. The number of hydrogen-bond acceptors (Lipinski definition) is 3. The Hall–Kier alpha value is -3.18. The minimum Gasteiger partial charge on any atom is -0.322 e. The molecule has 5 nitrogen and oxygen atoms in total. The van der Waals surface area contributed by atoms with E-state index in [1.54, 1.807) is 60.4 Å². The van der Waals surface area contributed by atoms with E-state index in [1.807, 2.05) is 12.1 Å². The van der Waals surface area contributed by atoms with E-state index in [0.29, 0.717) is 21.8 Å². The summed E-state index contributed by atoms with van der Waals surface area (Å²) < 4.78 is 1.58. The fraction of sp³-hybridized carbons (Fsp3) is 0.0500. The largest absolute Gasteiger partial charge is 0.322 e. The smallest absolute Gasteiger partial charge is 0.255 e. The third-order valence-corrected chi connectivity index (χ3v) is 3.92. The number of rotatable bonds is 5. The van der Waals surface area contributed by atoms with Gasteiger partial charge in [0.25, 0.3) is 5.91 Å². The van der Waals surface area contributed by atoms with Crippen molar-refractivity contribution in [3.05, 3.63) is 88.7 Å². The molecule has 3 aromatic rings. The molecule has 0 saturated carbocycles. The van der Waals surface area contributed by atoms with Crippen LogP contribution in [0.25, 0.3) is 6.08 Å². The number of nitrogens with one attached hydrogen (secondary N) is 1. The zero-order valence-electron chi connectivity index (χ0n) is 14.0. The summed E-state index contributed by atoms with van der Waals surface area (Å²) in [6.45, 7) is 0. The Morgan fingerprint density at radius 1 is 1.12 bits per heavy atom. The molecule has 0 atom stereocenters. The maximum absolute atomic E-state index is 12.3. The van der Waals surface area contributed by atoms with Crippen LogP contribution in [-0.2, 0) is 7.05 Å². The highest BCUT2D eigenvalue weighted by Gasteiger charge is 2.07. The lowest BCUT2D eigenvalue weighted by atomic mass is 10.1. The topological polar surface area (TPSA) is 64.0 Å². The number of aryl methyl sites for hydroxylation is 1. The Balaban J connectivity index is 1.69. The summed E-state index contributed by atoms with van der Waals surface area (Å²) in [5, 5.41) is 7.38. The van der Waals surface area contributed by atoms with Crippen LogP contribution in [0.1, 0.15) is 26.3 Å². The first-order valence-corrected chi connectivity index (χ1v) is 8.27. The van der Waals surface area contributed by atoms with Crippen molar-refractivity contribution in [1.82, 2.24) is 9.78 Å². The van der Waals surface area contributed by atoms with Gasteiger partial charge in [-0.15, -0.1) is 0 Å². The number of amides is 1. The first kappa shape index (κ1) is 17.6. The summed E-state index contributed by atoms with van der Waals surface area (Å²) in [4.78, 5) is 24.3. The monoisotopic (exact) mass is 365 g/mol. The molecule has 26 heavy (non-hydrogen) atoms. The SMILES string of the molecule is Cn1cc(C(=O)/C=C/c2cccc(NC(=O)c3ccc(Cl)cc3)c2)cn1. The molecule has 0 radical (unpaired) electrons. The molecule has 6 heteroatoms. The Labute approximate surface area is 155 Å². The molecule has 2 aromatic carbocycles. The van der Waals surface area contributed by atoms with Crippen LogP contribution in [0.3, 0.4) is 0 Å². The molecule has 0 saturated heterocycles. The van der Waals surface area contributed by atoms with Crippen LogP contribution in [-0.4, -0.2) is 21.5 Å². The van der Waals surface area contributed by atoms with Crippen molar-refractivity contribution in [2.45, 2.75) is 0 Å². The van der Waals surface area contributed by atoms with Gasteiger partial charge in [-0.25, -0.2) is 0 Å². The third-order valence-electron chi connectivity index (χ3n) is 3.67. The Kier molecular flexibility index (Phi) is 5.29. The predicted molar refractivity (Wildman–Crippen MR) is 102 cm³/mol. The average Bonchev–Trinajstić information content (AvgIpc) is 3.07. The van der Waals surface area contributed by atoms with Crippen LogP contribution in [0.4, 0.5) is 5.69 Å². The molecule has 1 aromatic heterocycles. The molecule has 0 unspecified atom stereocenters. The molecule has 0 spiro atoms. The number of allylic oxidation sites excluding steroid dienone is 1. The van der Waals surface area contributed by atoms with Gasteiger partial charge in [-0.05, 0) is 48.0 Å².